The quantitative estimate of drug-likeness (QED) is 0.659. The summed E-state index contributed by atoms with van der Waals surface area (Å²) in [7, 11) is 0. The van der Waals surface area contributed by atoms with E-state index in [0.29, 0.717) is 0 Å². The number of hydrogen-bond acceptors (Lipinski definition) is 3. The number of aromatic hydroxyl groups is 1. The van der Waals surface area contributed by atoms with Crippen LogP contribution in [0.3, 0.4) is 0 Å². The highest BCUT2D eigenvalue weighted by molar-refractivity contribution is 5.86. The lowest BCUT2D eigenvalue weighted by Crippen LogP contribution is -2.05. The minimum absolute atomic E-state index is 0.109. The van der Waals surface area contributed by atoms with Crippen molar-refractivity contribution in [3.63, 3.8) is 0 Å². The Labute approximate surface area is 67.3 Å². The largest absolute Gasteiger partial charge is 0.506 e. The number of carbonyl (C=O) groups is 1. The van der Waals surface area contributed by atoms with Crippen LogP contribution in [0.5, 0.6) is 5.75 Å². The summed E-state index contributed by atoms with van der Waals surface area (Å²) in [5, 5.41) is 17.3. The molecule has 1 aromatic heterocycles. The Morgan fingerprint density at radius 1 is 1.67 bits per heavy atom. The second-order valence-corrected chi connectivity index (χ2v) is 2.24. The van der Waals surface area contributed by atoms with Gasteiger partial charge >= 0.3 is 5.97 Å². The molecule has 64 valence electrons. The van der Waals surface area contributed by atoms with Gasteiger partial charge in [0.25, 0.3) is 0 Å². The standard InChI is InChI=1S/C7H6FNO3/c1-3-4(10)2-9-6(5(3)8)7(11)12/h2,10H,1H3,(H,11,12). The SMILES string of the molecule is Cc1c(O)cnc(C(=O)O)c1F. The number of aromatic nitrogens is 1. The Kier molecular flexibility index (Phi) is 1.95. The van der Waals surface area contributed by atoms with Crippen LogP contribution in [0.15, 0.2) is 6.20 Å². The number of carboxylic acids is 1. The third-order valence-electron chi connectivity index (χ3n) is 1.44. The van der Waals surface area contributed by atoms with E-state index in [2.05, 4.69) is 4.98 Å². The van der Waals surface area contributed by atoms with E-state index in [1.165, 1.54) is 6.92 Å². The molecule has 4 nitrogen and oxygen atoms in total. The number of carboxylic acid groups (broad SMARTS) is 1. The second kappa shape index (κ2) is 2.77. The molecule has 1 heterocycles. The zero-order valence-electron chi connectivity index (χ0n) is 6.21. The van der Waals surface area contributed by atoms with Gasteiger partial charge in [-0.2, -0.15) is 0 Å². The molecule has 12 heavy (non-hydrogen) atoms. The van der Waals surface area contributed by atoms with Crippen molar-refractivity contribution in [2.24, 2.45) is 0 Å². The van der Waals surface area contributed by atoms with Gasteiger partial charge in [-0.15, -0.1) is 0 Å². The Balaban J connectivity index is 3.36. The van der Waals surface area contributed by atoms with Crippen molar-refractivity contribution in [2.75, 3.05) is 0 Å². The van der Waals surface area contributed by atoms with Crippen LogP contribution in [0.1, 0.15) is 16.1 Å². The lowest BCUT2D eigenvalue weighted by molar-refractivity contribution is 0.0684. The number of pyridine rings is 1. The minimum Gasteiger partial charge on any atom is -0.506 e. The summed E-state index contributed by atoms with van der Waals surface area (Å²) in [6.45, 7) is 1.28. The van der Waals surface area contributed by atoms with Gasteiger partial charge in [-0.05, 0) is 6.92 Å². The highest BCUT2D eigenvalue weighted by Gasteiger charge is 2.15. The minimum atomic E-state index is -1.45. The number of rotatable bonds is 1. The molecule has 1 aromatic rings. The van der Waals surface area contributed by atoms with Gasteiger partial charge in [0, 0.05) is 5.56 Å². The molecule has 0 spiro atoms. The molecule has 0 atom stereocenters. The van der Waals surface area contributed by atoms with Crippen molar-refractivity contribution in [3.05, 3.63) is 23.3 Å². The summed E-state index contributed by atoms with van der Waals surface area (Å²) in [5.74, 6) is -2.80. The topological polar surface area (TPSA) is 70.4 Å². The monoisotopic (exact) mass is 171 g/mol. The normalized spacial score (nSPS) is 9.83. The third kappa shape index (κ3) is 1.20. The number of halogens is 1. The van der Waals surface area contributed by atoms with Gasteiger partial charge in [0.05, 0.1) is 6.20 Å². The van der Waals surface area contributed by atoms with Crippen LogP contribution in [0.2, 0.25) is 0 Å². The Morgan fingerprint density at radius 3 is 2.75 bits per heavy atom. The predicted octanol–water partition coefficient (Wildman–Crippen LogP) is 0.933. The number of aromatic carboxylic acids is 1. The number of nitrogens with zero attached hydrogens (tertiary/aromatic N) is 1. The lowest BCUT2D eigenvalue weighted by atomic mass is 10.2. The van der Waals surface area contributed by atoms with Crippen molar-refractivity contribution in [1.82, 2.24) is 4.98 Å². The van der Waals surface area contributed by atoms with Gasteiger partial charge in [-0.3, -0.25) is 0 Å². The van der Waals surface area contributed by atoms with Gasteiger partial charge < -0.3 is 10.2 Å². The van der Waals surface area contributed by atoms with Gasteiger partial charge in [0.1, 0.15) is 5.75 Å². The van der Waals surface area contributed by atoms with Crippen molar-refractivity contribution < 1.29 is 19.4 Å². The van der Waals surface area contributed by atoms with E-state index in [1.807, 2.05) is 0 Å². The first-order chi connectivity index (χ1) is 5.54. The van der Waals surface area contributed by atoms with Gasteiger partial charge in [0.2, 0.25) is 0 Å². The molecular weight excluding hydrogens is 165 g/mol. The van der Waals surface area contributed by atoms with E-state index < -0.39 is 17.5 Å². The molecule has 0 saturated heterocycles. The Hall–Kier alpha value is -1.65. The average molecular weight is 171 g/mol. The fourth-order valence-corrected chi connectivity index (χ4v) is 0.718. The van der Waals surface area contributed by atoms with Crippen molar-refractivity contribution >= 4 is 5.97 Å². The maximum absolute atomic E-state index is 12.9. The summed E-state index contributed by atoms with van der Waals surface area (Å²) in [4.78, 5) is 13.5. The molecule has 5 heteroatoms. The molecule has 0 bridgehead atoms. The molecule has 0 saturated carbocycles. The third-order valence-corrected chi connectivity index (χ3v) is 1.44. The first kappa shape index (κ1) is 8.45. The van der Waals surface area contributed by atoms with E-state index in [-0.39, 0.29) is 11.3 Å². The van der Waals surface area contributed by atoms with Crippen LogP contribution >= 0.6 is 0 Å². The maximum Gasteiger partial charge on any atom is 0.357 e. The van der Waals surface area contributed by atoms with Crippen molar-refractivity contribution in [3.8, 4) is 5.75 Å². The van der Waals surface area contributed by atoms with Crippen LogP contribution in [0, 0.1) is 12.7 Å². The first-order valence-electron chi connectivity index (χ1n) is 3.11. The van der Waals surface area contributed by atoms with E-state index in [4.69, 9.17) is 10.2 Å². The highest BCUT2D eigenvalue weighted by atomic mass is 19.1. The molecule has 0 aromatic carbocycles. The molecule has 0 aliphatic heterocycles. The zero-order chi connectivity index (χ0) is 9.30. The van der Waals surface area contributed by atoms with E-state index in [9.17, 15) is 9.18 Å². The summed E-state index contributed by atoms with van der Waals surface area (Å²) in [6.07, 6.45) is 0.905. The Morgan fingerprint density at radius 2 is 2.25 bits per heavy atom. The summed E-state index contributed by atoms with van der Waals surface area (Å²) >= 11 is 0. The molecule has 0 aliphatic rings. The lowest BCUT2D eigenvalue weighted by Gasteiger charge is -2.01. The predicted molar refractivity (Wildman–Crippen MR) is 37.6 cm³/mol. The Bertz CT molecular complexity index is 338. The van der Waals surface area contributed by atoms with Gasteiger partial charge in [-0.1, -0.05) is 0 Å². The van der Waals surface area contributed by atoms with Crippen LogP contribution in [-0.2, 0) is 0 Å². The van der Waals surface area contributed by atoms with Crippen LogP contribution < -0.4 is 0 Å². The molecule has 0 amide bonds. The smallest absolute Gasteiger partial charge is 0.357 e. The van der Waals surface area contributed by atoms with Crippen LogP contribution in [-0.4, -0.2) is 21.2 Å². The molecule has 2 N–H and O–H groups in total. The maximum atomic E-state index is 12.9. The van der Waals surface area contributed by atoms with E-state index in [0.717, 1.165) is 6.20 Å². The summed E-state index contributed by atoms with van der Waals surface area (Å²) < 4.78 is 12.9. The molecule has 0 unspecified atom stereocenters. The average Bonchev–Trinajstić information content (AvgIpc) is 2.00. The van der Waals surface area contributed by atoms with Gasteiger partial charge in [0.15, 0.2) is 11.5 Å². The summed E-state index contributed by atoms with van der Waals surface area (Å²) in [6, 6.07) is 0. The number of hydrogen-bond donors (Lipinski definition) is 2. The second-order valence-electron chi connectivity index (χ2n) is 2.24. The molecular formula is C7H6FNO3. The van der Waals surface area contributed by atoms with E-state index >= 15 is 0 Å². The highest BCUT2D eigenvalue weighted by Crippen LogP contribution is 2.19. The van der Waals surface area contributed by atoms with Crippen molar-refractivity contribution in [1.29, 1.82) is 0 Å². The first-order valence-corrected chi connectivity index (χ1v) is 3.11. The fraction of sp³-hybridized carbons (Fsp3) is 0.143. The van der Waals surface area contributed by atoms with E-state index in [1.54, 1.807) is 0 Å². The van der Waals surface area contributed by atoms with Crippen molar-refractivity contribution in [2.45, 2.75) is 6.92 Å². The zero-order valence-corrected chi connectivity index (χ0v) is 6.21. The molecule has 0 fully saturated rings. The van der Waals surface area contributed by atoms with Crippen LogP contribution in [0.4, 0.5) is 4.39 Å². The molecule has 0 radical (unpaired) electrons. The molecule has 0 aliphatic carbocycles. The summed E-state index contributed by atoms with van der Waals surface area (Å²) in [5.41, 5.74) is -0.785. The fourth-order valence-electron chi connectivity index (χ4n) is 0.718. The van der Waals surface area contributed by atoms with Crippen LogP contribution in [0.25, 0.3) is 0 Å². The molecule has 1 rings (SSSR count). The van der Waals surface area contributed by atoms with Gasteiger partial charge in [-0.25, -0.2) is 14.2 Å².